The van der Waals surface area contributed by atoms with Crippen LogP contribution in [0.5, 0.6) is 0 Å². The van der Waals surface area contributed by atoms with E-state index in [1.165, 1.54) is 69.9 Å². The van der Waals surface area contributed by atoms with E-state index < -0.39 is 0 Å². The van der Waals surface area contributed by atoms with E-state index in [4.69, 9.17) is 4.99 Å². The highest BCUT2D eigenvalue weighted by atomic mass is 32.1. The molecule has 9 aromatic rings. The van der Waals surface area contributed by atoms with Gasteiger partial charge < -0.3 is 4.57 Å². The summed E-state index contributed by atoms with van der Waals surface area (Å²) in [5, 5.41) is 5.06. The Morgan fingerprint density at radius 3 is 2.02 bits per heavy atom. The van der Waals surface area contributed by atoms with Crippen LogP contribution in [0, 0.1) is 0 Å². The summed E-state index contributed by atoms with van der Waals surface area (Å²) in [7, 11) is 0. The first-order valence-corrected chi connectivity index (χ1v) is 18.4. The number of para-hydroxylation sites is 2. The summed E-state index contributed by atoms with van der Waals surface area (Å²) in [5.74, 6) is 0.220. The molecule has 0 fully saturated rings. The van der Waals surface area contributed by atoms with E-state index in [1.807, 2.05) is 11.3 Å². The molecule has 2 heterocycles. The Labute approximate surface area is 302 Å². The zero-order chi connectivity index (χ0) is 34.3. The Hall–Kier alpha value is -6.03. The molecule has 9 rings (SSSR count). The molecule has 0 spiro atoms. The van der Waals surface area contributed by atoms with Crippen molar-refractivity contribution in [2.24, 2.45) is 4.99 Å². The van der Waals surface area contributed by atoms with Crippen LogP contribution >= 0.6 is 11.3 Å². The molecule has 0 aliphatic carbocycles. The van der Waals surface area contributed by atoms with E-state index in [0.29, 0.717) is 0 Å². The zero-order valence-electron chi connectivity index (χ0n) is 28.6. The maximum absolute atomic E-state index is 5.37. The van der Waals surface area contributed by atoms with E-state index >= 15 is 0 Å². The summed E-state index contributed by atoms with van der Waals surface area (Å²) in [6.45, 7) is 4.40. The van der Waals surface area contributed by atoms with Gasteiger partial charge in [0, 0.05) is 53.8 Å². The Balaban J connectivity index is 1.17. The van der Waals surface area contributed by atoms with Crippen molar-refractivity contribution in [2.45, 2.75) is 19.8 Å². The summed E-state index contributed by atoms with van der Waals surface area (Å²) < 4.78 is 4.93. The number of hydrogen-bond donors (Lipinski definition) is 0. The van der Waals surface area contributed by atoms with E-state index in [0.717, 1.165) is 17.0 Å². The fourth-order valence-corrected chi connectivity index (χ4v) is 8.57. The van der Waals surface area contributed by atoms with Gasteiger partial charge in [-0.3, -0.25) is 4.99 Å². The third kappa shape index (κ3) is 5.66. The normalized spacial score (nSPS) is 13.1. The van der Waals surface area contributed by atoms with Crippen molar-refractivity contribution in [1.29, 1.82) is 0 Å². The summed E-state index contributed by atoms with van der Waals surface area (Å²) >= 11 is 1.85. The van der Waals surface area contributed by atoms with Crippen LogP contribution in [0.4, 0.5) is 0 Å². The van der Waals surface area contributed by atoms with Gasteiger partial charge in [-0.15, -0.1) is 11.3 Å². The van der Waals surface area contributed by atoms with Crippen LogP contribution < -0.4 is 0 Å². The molecule has 0 saturated carbocycles. The van der Waals surface area contributed by atoms with Gasteiger partial charge in [0.05, 0.1) is 16.7 Å². The van der Waals surface area contributed by atoms with Crippen molar-refractivity contribution in [3.8, 4) is 16.8 Å². The van der Waals surface area contributed by atoms with Crippen molar-refractivity contribution >= 4 is 64.7 Å². The largest absolute Gasteiger partial charge is 0.309 e. The summed E-state index contributed by atoms with van der Waals surface area (Å²) in [6.07, 6.45) is 2.29. The van der Waals surface area contributed by atoms with Gasteiger partial charge >= 0.3 is 0 Å². The summed E-state index contributed by atoms with van der Waals surface area (Å²) in [5.41, 5.74) is 11.6. The molecular formula is C48H36N2S. The van der Waals surface area contributed by atoms with Crippen molar-refractivity contribution in [3.63, 3.8) is 0 Å². The second-order valence-electron chi connectivity index (χ2n) is 13.2. The van der Waals surface area contributed by atoms with Gasteiger partial charge in [0.2, 0.25) is 0 Å². The maximum atomic E-state index is 5.37. The van der Waals surface area contributed by atoms with Crippen molar-refractivity contribution in [3.05, 3.63) is 193 Å². The molecule has 0 saturated heterocycles. The van der Waals surface area contributed by atoms with Gasteiger partial charge in [-0.25, -0.2) is 0 Å². The van der Waals surface area contributed by atoms with Crippen LogP contribution in [0.2, 0.25) is 0 Å². The third-order valence-electron chi connectivity index (χ3n) is 10.00. The van der Waals surface area contributed by atoms with Crippen LogP contribution in [0.25, 0.3) is 64.5 Å². The van der Waals surface area contributed by atoms with E-state index in [-0.39, 0.29) is 5.92 Å². The molecule has 2 aromatic heterocycles. The molecule has 0 bridgehead atoms. The summed E-state index contributed by atoms with van der Waals surface area (Å²) in [6, 6.07) is 61.1. The van der Waals surface area contributed by atoms with Gasteiger partial charge in [0.1, 0.15) is 0 Å². The second-order valence-corrected chi connectivity index (χ2v) is 14.3. The fraction of sp³-hybridized carbons (Fsp3) is 0.0625. The third-order valence-corrected chi connectivity index (χ3v) is 11.1. The van der Waals surface area contributed by atoms with Gasteiger partial charge in [-0.05, 0) is 77.7 Å². The number of fused-ring (bicyclic) bond motifs is 6. The minimum Gasteiger partial charge on any atom is -0.309 e. The molecule has 0 radical (unpaired) electrons. The lowest BCUT2D eigenvalue weighted by molar-refractivity contribution is 0.967. The van der Waals surface area contributed by atoms with Gasteiger partial charge in [-0.1, -0.05) is 134 Å². The quantitative estimate of drug-likeness (QED) is 0.150. The number of rotatable bonds is 7. The molecule has 7 aromatic carbocycles. The van der Waals surface area contributed by atoms with E-state index in [2.05, 4.69) is 194 Å². The molecule has 3 heteroatoms. The Morgan fingerprint density at radius 2 is 1.24 bits per heavy atom. The maximum Gasteiger partial charge on any atom is 0.0671 e. The average molecular weight is 673 g/mol. The van der Waals surface area contributed by atoms with Gasteiger partial charge in [0.25, 0.3) is 0 Å². The molecule has 0 aliphatic heterocycles. The van der Waals surface area contributed by atoms with Crippen molar-refractivity contribution in [2.75, 3.05) is 0 Å². The van der Waals surface area contributed by atoms with Crippen LogP contribution in [0.1, 0.15) is 36.5 Å². The fourth-order valence-electron chi connectivity index (χ4n) is 7.45. The van der Waals surface area contributed by atoms with Crippen LogP contribution in [0.3, 0.4) is 0 Å². The molecule has 0 N–H and O–H groups in total. The van der Waals surface area contributed by atoms with Crippen molar-refractivity contribution in [1.82, 2.24) is 4.57 Å². The minimum absolute atomic E-state index is 0.220. The molecule has 244 valence electrons. The molecule has 0 amide bonds. The summed E-state index contributed by atoms with van der Waals surface area (Å²) in [4.78, 5) is 5.37. The first-order chi connectivity index (χ1) is 25.1. The van der Waals surface area contributed by atoms with E-state index in [1.54, 1.807) is 0 Å². The Kier molecular flexibility index (Phi) is 7.91. The molecule has 1 atom stereocenters. The molecule has 0 aliphatic rings. The highest BCUT2D eigenvalue weighted by molar-refractivity contribution is 7.25. The minimum atomic E-state index is 0.220. The van der Waals surface area contributed by atoms with Gasteiger partial charge in [-0.2, -0.15) is 0 Å². The van der Waals surface area contributed by atoms with Gasteiger partial charge in [0.15, 0.2) is 0 Å². The van der Waals surface area contributed by atoms with Crippen LogP contribution in [0.15, 0.2) is 181 Å². The number of thiophene rings is 1. The predicted molar refractivity (Wildman–Crippen MR) is 221 cm³/mol. The topological polar surface area (TPSA) is 17.3 Å². The van der Waals surface area contributed by atoms with E-state index in [9.17, 15) is 0 Å². The van der Waals surface area contributed by atoms with Crippen molar-refractivity contribution < 1.29 is 0 Å². The first kappa shape index (κ1) is 31.0. The predicted octanol–water partition coefficient (Wildman–Crippen LogP) is 13.5. The smallest absolute Gasteiger partial charge is 0.0671 e. The molecular weight excluding hydrogens is 637 g/mol. The molecule has 51 heavy (non-hydrogen) atoms. The Bertz CT molecular complexity index is 2750. The number of aromatic nitrogens is 1. The first-order valence-electron chi connectivity index (χ1n) is 17.5. The standard InChI is InChI=1S/C48H36N2S/c1-32(34-15-6-3-7-16-34)29-43(35-17-8-4-9-18-35)49-33(2)39-22-14-24-47-48(39)42-31-37(26-28-46(42)51-47)36-25-27-45-41(30-36)40-21-12-13-23-44(40)50(45)38-19-10-5-11-20-38/h3-32H,1-2H3/b43-29-,49-33?. The number of hydrogen-bond acceptors (Lipinski definition) is 2. The van der Waals surface area contributed by atoms with Crippen LogP contribution in [-0.4, -0.2) is 10.3 Å². The number of aliphatic imine (C=N–C) groups is 1. The van der Waals surface area contributed by atoms with Crippen LogP contribution in [-0.2, 0) is 0 Å². The number of nitrogens with zero attached hydrogens (tertiary/aromatic N) is 2. The average Bonchev–Trinajstić information content (AvgIpc) is 3.73. The molecule has 1 unspecified atom stereocenters. The lowest BCUT2D eigenvalue weighted by Gasteiger charge is -2.12. The lowest BCUT2D eigenvalue weighted by atomic mass is 9.97. The lowest BCUT2D eigenvalue weighted by Crippen LogP contribution is -1.98. The zero-order valence-corrected chi connectivity index (χ0v) is 29.4. The number of benzene rings is 7. The SMILES string of the molecule is CC(=N/C(=C\C(C)c1ccccc1)c1ccccc1)c1cccc2sc3ccc(-c4ccc5c(c4)c4ccccc4n5-c4ccccc4)cc3c12. The molecule has 2 nitrogen and oxygen atoms in total. The second kappa shape index (κ2) is 13.0. The highest BCUT2D eigenvalue weighted by Gasteiger charge is 2.16. The number of allylic oxidation sites excluding steroid dienone is 1. The monoisotopic (exact) mass is 672 g/mol. The Morgan fingerprint density at radius 1 is 0.588 bits per heavy atom. The highest BCUT2D eigenvalue weighted by Crippen LogP contribution is 2.40.